The fourth-order valence-corrected chi connectivity index (χ4v) is 3.45. The predicted molar refractivity (Wildman–Crippen MR) is 86.7 cm³/mol. The van der Waals surface area contributed by atoms with Crippen LogP contribution in [0.4, 0.5) is 5.82 Å². The van der Waals surface area contributed by atoms with Crippen molar-refractivity contribution in [3.8, 4) is 5.75 Å². The van der Waals surface area contributed by atoms with E-state index in [1.165, 1.54) is 5.56 Å². The van der Waals surface area contributed by atoms with Gasteiger partial charge in [0.25, 0.3) is 0 Å². The van der Waals surface area contributed by atoms with Crippen molar-refractivity contribution >= 4 is 11.7 Å². The first-order valence-corrected chi connectivity index (χ1v) is 7.83. The average molecular weight is 309 g/mol. The molecular weight excluding hydrogens is 290 g/mol. The average Bonchev–Trinajstić information content (AvgIpc) is 3.32. The molecule has 0 radical (unpaired) electrons. The zero-order valence-electron chi connectivity index (χ0n) is 13.5. The number of carbonyl (C=O) groups excluding carboxylic acids is 1. The van der Waals surface area contributed by atoms with Crippen molar-refractivity contribution in [3.05, 3.63) is 47.9 Å². The maximum absolute atomic E-state index is 12.9. The molecule has 2 aliphatic rings. The van der Waals surface area contributed by atoms with Crippen LogP contribution in [-0.2, 0) is 10.2 Å². The van der Waals surface area contributed by atoms with E-state index in [0.717, 1.165) is 23.7 Å². The summed E-state index contributed by atoms with van der Waals surface area (Å²) in [7, 11) is 1.67. The molecule has 1 aromatic heterocycles. The zero-order valence-corrected chi connectivity index (χ0v) is 13.5. The molecule has 0 bridgehead atoms. The maximum atomic E-state index is 12.9. The van der Waals surface area contributed by atoms with Crippen LogP contribution >= 0.6 is 0 Å². The van der Waals surface area contributed by atoms with E-state index in [4.69, 9.17) is 4.74 Å². The summed E-state index contributed by atoms with van der Waals surface area (Å²) >= 11 is 0. The zero-order chi connectivity index (χ0) is 16.2. The number of anilines is 1. The minimum Gasteiger partial charge on any atom is -0.497 e. The molecule has 23 heavy (non-hydrogen) atoms. The summed E-state index contributed by atoms with van der Waals surface area (Å²) in [6, 6.07) is 8.23. The number of ether oxygens (including phenoxy) is 1. The van der Waals surface area contributed by atoms with E-state index < -0.39 is 5.41 Å². The molecule has 2 heterocycles. The van der Waals surface area contributed by atoms with Crippen molar-refractivity contribution in [2.75, 3.05) is 12.0 Å². The highest BCUT2D eigenvalue weighted by atomic mass is 16.5. The monoisotopic (exact) mass is 309 g/mol. The molecule has 118 valence electrons. The van der Waals surface area contributed by atoms with Crippen LogP contribution in [0, 0.1) is 0 Å². The minimum absolute atomic E-state index is 0.0918. The Labute approximate surface area is 135 Å². The molecule has 4 rings (SSSR count). The summed E-state index contributed by atoms with van der Waals surface area (Å²) in [5, 5.41) is 0. The predicted octanol–water partition coefficient (Wildman–Crippen LogP) is 2.67. The fraction of sp³-hybridized carbons (Fsp3) is 0.389. The normalized spacial score (nSPS) is 24.5. The van der Waals surface area contributed by atoms with Crippen molar-refractivity contribution in [1.29, 1.82) is 0 Å². The molecule has 1 fully saturated rings. The third-order valence-electron chi connectivity index (χ3n) is 4.86. The Hall–Kier alpha value is -2.43. The second-order valence-corrected chi connectivity index (χ2v) is 6.71. The van der Waals surface area contributed by atoms with Gasteiger partial charge in [0.05, 0.1) is 18.2 Å². The van der Waals surface area contributed by atoms with Crippen LogP contribution in [0.5, 0.6) is 5.75 Å². The number of nitrogens with zero attached hydrogens (tertiary/aromatic N) is 3. The Balaban J connectivity index is 1.67. The number of benzene rings is 1. The Morgan fingerprint density at radius 1 is 1.26 bits per heavy atom. The molecule has 5 nitrogen and oxygen atoms in total. The quantitative estimate of drug-likeness (QED) is 0.874. The molecule has 1 aliphatic carbocycles. The second-order valence-electron chi connectivity index (χ2n) is 6.71. The molecule has 1 amide bonds. The number of hydrogen-bond donors (Lipinski definition) is 0. The molecule has 0 saturated heterocycles. The number of amides is 1. The van der Waals surface area contributed by atoms with E-state index in [1.807, 2.05) is 36.9 Å². The lowest BCUT2D eigenvalue weighted by Crippen LogP contribution is -2.38. The Bertz CT molecular complexity index is 787. The highest BCUT2D eigenvalue weighted by Gasteiger charge is 2.55. The third kappa shape index (κ3) is 2.03. The van der Waals surface area contributed by atoms with Crippen LogP contribution in [0.3, 0.4) is 0 Å². The van der Waals surface area contributed by atoms with E-state index in [-0.39, 0.29) is 11.9 Å². The van der Waals surface area contributed by atoms with Crippen LogP contribution in [-0.4, -0.2) is 29.0 Å². The lowest BCUT2D eigenvalue weighted by Gasteiger charge is -2.19. The summed E-state index contributed by atoms with van der Waals surface area (Å²) in [5.74, 6) is 1.99. The largest absolute Gasteiger partial charge is 0.497 e. The first-order valence-electron chi connectivity index (χ1n) is 7.83. The van der Waals surface area contributed by atoms with Gasteiger partial charge in [0.1, 0.15) is 5.75 Å². The van der Waals surface area contributed by atoms with Gasteiger partial charge in [-0.3, -0.25) is 14.7 Å². The Kier molecular flexibility index (Phi) is 2.95. The standard InChI is InChI=1S/C18H19N3O2/c1-18(2)15-16(20-8-7-19-15)21(17(18)22)14-10-13(14)11-5-4-6-12(9-11)23-3/h4-9,13-14H,10H2,1-3H3/t13-,14+/m0/s1. The van der Waals surface area contributed by atoms with Crippen molar-refractivity contribution in [1.82, 2.24) is 9.97 Å². The number of carbonyl (C=O) groups is 1. The van der Waals surface area contributed by atoms with E-state index in [2.05, 4.69) is 16.0 Å². The molecule has 0 N–H and O–H groups in total. The van der Waals surface area contributed by atoms with Crippen LogP contribution in [0.15, 0.2) is 36.7 Å². The molecular formula is C18H19N3O2. The van der Waals surface area contributed by atoms with Crippen LogP contribution < -0.4 is 9.64 Å². The third-order valence-corrected chi connectivity index (χ3v) is 4.86. The molecule has 2 aromatic rings. The summed E-state index contributed by atoms with van der Waals surface area (Å²) in [6.45, 7) is 3.84. The van der Waals surface area contributed by atoms with E-state index in [9.17, 15) is 4.79 Å². The first-order chi connectivity index (χ1) is 11.0. The molecule has 1 aromatic carbocycles. The van der Waals surface area contributed by atoms with Crippen molar-refractivity contribution in [3.63, 3.8) is 0 Å². The van der Waals surface area contributed by atoms with Gasteiger partial charge in [0.15, 0.2) is 5.82 Å². The summed E-state index contributed by atoms with van der Waals surface area (Å²) in [4.78, 5) is 23.6. The number of hydrogen-bond acceptors (Lipinski definition) is 4. The van der Waals surface area contributed by atoms with Crippen LogP contribution in [0.1, 0.15) is 37.4 Å². The van der Waals surface area contributed by atoms with Gasteiger partial charge < -0.3 is 4.74 Å². The highest BCUT2D eigenvalue weighted by molar-refractivity contribution is 6.06. The topological polar surface area (TPSA) is 55.3 Å². The van der Waals surface area contributed by atoms with Crippen LogP contribution in [0.25, 0.3) is 0 Å². The molecule has 1 aliphatic heterocycles. The van der Waals surface area contributed by atoms with Gasteiger partial charge in [-0.2, -0.15) is 0 Å². The number of methoxy groups -OCH3 is 1. The van der Waals surface area contributed by atoms with Crippen molar-refractivity contribution in [2.45, 2.75) is 37.6 Å². The lowest BCUT2D eigenvalue weighted by atomic mass is 9.91. The minimum atomic E-state index is -0.606. The first kappa shape index (κ1) is 14.2. The number of rotatable bonds is 3. The van der Waals surface area contributed by atoms with Crippen LogP contribution in [0.2, 0.25) is 0 Å². The van der Waals surface area contributed by atoms with Gasteiger partial charge in [-0.05, 0) is 38.0 Å². The number of aromatic nitrogens is 2. The summed E-state index contributed by atoms with van der Waals surface area (Å²) in [6.07, 6.45) is 4.26. The van der Waals surface area contributed by atoms with Gasteiger partial charge >= 0.3 is 0 Å². The maximum Gasteiger partial charge on any atom is 0.240 e. The highest BCUT2D eigenvalue weighted by Crippen LogP contribution is 2.51. The van der Waals surface area contributed by atoms with E-state index >= 15 is 0 Å². The molecule has 2 atom stereocenters. The second kappa shape index (κ2) is 4.78. The van der Waals surface area contributed by atoms with Crippen molar-refractivity contribution < 1.29 is 9.53 Å². The SMILES string of the molecule is COc1cccc([C@@H]2C[C@H]2N2C(=O)C(C)(C)c3nccnc32)c1. The lowest BCUT2D eigenvalue weighted by molar-refractivity contribution is -0.122. The Morgan fingerprint density at radius 2 is 2.04 bits per heavy atom. The fourth-order valence-electron chi connectivity index (χ4n) is 3.45. The van der Waals surface area contributed by atoms with E-state index in [1.54, 1.807) is 19.5 Å². The summed E-state index contributed by atoms with van der Waals surface area (Å²) in [5.41, 5.74) is 1.38. The molecule has 0 spiro atoms. The van der Waals surface area contributed by atoms with Gasteiger partial charge in [0, 0.05) is 24.4 Å². The van der Waals surface area contributed by atoms with Gasteiger partial charge in [0.2, 0.25) is 5.91 Å². The van der Waals surface area contributed by atoms with Crippen molar-refractivity contribution in [2.24, 2.45) is 0 Å². The molecule has 1 saturated carbocycles. The van der Waals surface area contributed by atoms with E-state index in [0.29, 0.717) is 5.92 Å². The van der Waals surface area contributed by atoms with Gasteiger partial charge in [-0.25, -0.2) is 4.98 Å². The summed E-state index contributed by atoms with van der Waals surface area (Å²) < 4.78 is 5.30. The Morgan fingerprint density at radius 3 is 2.83 bits per heavy atom. The molecule has 5 heteroatoms. The van der Waals surface area contributed by atoms with Gasteiger partial charge in [-0.1, -0.05) is 12.1 Å². The smallest absolute Gasteiger partial charge is 0.240 e. The molecule has 0 unspecified atom stereocenters. The number of fused-ring (bicyclic) bond motifs is 1. The van der Waals surface area contributed by atoms with Gasteiger partial charge in [-0.15, -0.1) is 0 Å².